The maximum atomic E-state index is 5.64. The summed E-state index contributed by atoms with van der Waals surface area (Å²) in [6.07, 6.45) is 5.50. The number of H-pyrrole nitrogens is 1. The molecule has 0 amide bonds. The first-order valence-electron chi connectivity index (χ1n) is 9.66. The fourth-order valence-electron chi connectivity index (χ4n) is 3.48. The van der Waals surface area contributed by atoms with Crippen molar-refractivity contribution in [3.63, 3.8) is 0 Å². The highest BCUT2D eigenvalue weighted by Gasteiger charge is 2.11. The molecule has 0 spiro atoms. The summed E-state index contributed by atoms with van der Waals surface area (Å²) in [4.78, 5) is 9.03. The van der Waals surface area contributed by atoms with Crippen molar-refractivity contribution in [2.45, 2.75) is 13.8 Å². The number of hydrogen-bond acceptors (Lipinski definition) is 4. The molecule has 0 fully saturated rings. The van der Waals surface area contributed by atoms with Gasteiger partial charge in [0.25, 0.3) is 0 Å². The number of nitrogens with zero attached hydrogens (tertiary/aromatic N) is 3. The van der Waals surface area contributed by atoms with Crippen molar-refractivity contribution in [3.05, 3.63) is 93.9 Å². The number of para-hydroxylation sites is 2. The Bertz CT molecular complexity index is 1400. The van der Waals surface area contributed by atoms with Crippen LogP contribution >= 0.6 is 11.3 Å². The van der Waals surface area contributed by atoms with E-state index in [-0.39, 0.29) is 0 Å². The van der Waals surface area contributed by atoms with Gasteiger partial charge in [0, 0.05) is 28.0 Å². The molecule has 30 heavy (non-hydrogen) atoms. The van der Waals surface area contributed by atoms with E-state index in [0.717, 1.165) is 49.5 Å². The number of furan rings is 1. The maximum absolute atomic E-state index is 5.64. The van der Waals surface area contributed by atoms with Crippen LogP contribution in [-0.4, -0.2) is 15.9 Å². The van der Waals surface area contributed by atoms with Gasteiger partial charge in [-0.2, -0.15) is 5.10 Å². The number of fused-ring (bicyclic) bond motifs is 1. The number of aromatic nitrogens is 2. The topological polar surface area (TPSA) is 58.6 Å². The van der Waals surface area contributed by atoms with Gasteiger partial charge in [0.1, 0.15) is 5.69 Å². The molecule has 0 saturated heterocycles. The van der Waals surface area contributed by atoms with Gasteiger partial charge in [-0.05, 0) is 43.2 Å². The Hall–Kier alpha value is -3.64. The molecule has 0 radical (unpaired) electrons. The van der Waals surface area contributed by atoms with Crippen LogP contribution in [-0.2, 0) is 0 Å². The van der Waals surface area contributed by atoms with Gasteiger partial charge < -0.3 is 9.40 Å². The molecule has 2 aromatic carbocycles. The van der Waals surface area contributed by atoms with E-state index in [1.165, 1.54) is 0 Å². The molecular formula is C24H20N4OS. The zero-order valence-electron chi connectivity index (χ0n) is 16.7. The van der Waals surface area contributed by atoms with Crippen molar-refractivity contribution in [1.82, 2.24) is 9.66 Å². The van der Waals surface area contributed by atoms with Gasteiger partial charge in [-0.25, -0.2) is 9.67 Å². The third-order valence-corrected chi connectivity index (χ3v) is 5.86. The number of nitrogens with one attached hydrogen (secondary N) is 1. The Morgan fingerprint density at radius 3 is 2.63 bits per heavy atom. The molecule has 0 aliphatic heterocycles. The van der Waals surface area contributed by atoms with E-state index in [1.807, 2.05) is 46.7 Å². The first-order valence-corrected chi connectivity index (χ1v) is 10.5. The number of aromatic amines is 1. The molecule has 0 bridgehead atoms. The van der Waals surface area contributed by atoms with Crippen molar-refractivity contribution >= 4 is 34.1 Å². The Morgan fingerprint density at radius 1 is 1.00 bits per heavy atom. The summed E-state index contributed by atoms with van der Waals surface area (Å²) in [5.41, 5.74) is 6.21. The molecule has 5 nitrogen and oxygen atoms in total. The standard InChI is InChI=1S/C24H20N4OS/c1-16-7-5-8-17(2)23(16)27-24-28(21(15-30-24)22-11-6-12-29-22)26-14-18-13-25-20-10-4-3-9-19(18)20/h3-15,25H,1-2H3. The number of hydrogen-bond donors (Lipinski definition) is 1. The lowest BCUT2D eigenvalue weighted by Gasteiger charge is -2.04. The van der Waals surface area contributed by atoms with Gasteiger partial charge in [0.2, 0.25) is 4.80 Å². The number of thiazole rings is 1. The van der Waals surface area contributed by atoms with Crippen LogP contribution in [0.3, 0.4) is 0 Å². The third-order valence-electron chi connectivity index (χ3n) is 5.04. The van der Waals surface area contributed by atoms with E-state index in [4.69, 9.17) is 14.5 Å². The summed E-state index contributed by atoms with van der Waals surface area (Å²) in [6.45, 7) is 4.15. The molecule has 0 unspecified atom stereocenters. The summed E-state index contributed by atoms with van der Waals surface area (Å²) >= 11 is 1.54. The van der Waals surface area contributed by atoms with Gasteiger partial charge >= 0.3 is 0 Å². The average molecular weight is 413 g/mol. The van der Waals surface area contributed by atoms with Crippen LogP contribution in [0, 0.1) is 13.8 Å². The minimum atomic E-state index is 0.755. The normalized spacial score (nSPS) is 12.4. The molecular weight excluding hydrogens is 392 g/mol. The van der Waals surface area contributed by atoms with Crippen LogP contribution in [0.1, 0.15) is 16.7 Å². The van der Waals surface area contributed by atoms with Crippen LogP contribution in [0.15, 0.2) is 86.9 Å². The fourth-order valence-corrected chi connectivity index (χ4v) is 4.30. The van der Waals surface area contributed by atoms with Crippen molar-refractivity contribution < 1.29 is 4.42 Å². The van der Waals surface area contributed by atoms with E-state index >= 15 is 0 Å². The van der Waals surface area contributed by atoms with E-state index in [0.29, 0.717) is 0 Å². The Balaban J connectivity index is 1.68. The van der Waals surface area contributed by atoms with Gasteiger partial charge in [0.05, 0.1) is 18.2 Å². The third kappa shape index (κ3) is 3.31. The van der Waals surface area contributed by atoms with Crippen LogP contribution in [0.25, 0.3) is 22.4 Å². The molecule has 3 heterocycles. The SMILES string of the molecule is Cc1cccc(C)c1N=c1scc(-c2ccco2)n1N=Cc1c[nH]c2ccccc12. The van der Waals surface area contributed by atoms with E-state index < -0.39 is 0 Å². The highest BCUT2D eigenvalue weighted by molar-refractivity contribution is 7.07. The summed E-state index contributed by atoms with van der Waals surface area (Å²) in [6, 6.07) is 18.2. The summed E-state index contributed by atoms with van der Waals surface area (Å²) in [7, 11) is 0. The molecule has 3 aromatic heterocycles. The van der Waals surface area contributed by atoms with Gasteiger partial charge in [-0.3, -0.25) is 0 Å². The second kappa shape index (κ2) is 7.65. The van der Waals surface area contributed by atoms with E-state index in [1.54, 1.807) is 17.6 Å². The van der Waals surface area contributed by atoms with Crippen LogP contribution in [0.4, 0.5) is 5.69 Å². The maximum Gasteiger partial charge on any atom is 0.211 e. The van der Waals surface area contributed by atoms with Crippen molar-refractivity contribution in [1.29, 1.82) is 0 Å². The highest BCUT2D eigenvalue weighted by atomic mass is 32.1. The smallest absolute Gasteiger partial charge is 0.211 e. The van der Waals surface area contributed by atoms with Crippen LogP contribution < -0.4 is 4.80 Å². The van der Waals surface area contributed by atoms with Crippen molar-refractivity contribution in [2.24, 2.45) is 10.1 Å². The molecule has 5 aromatic rings. The minimum Gasteiger partial charge on any atom is -0.463 e. The summed E-state index contributed by atoms with van der Waals surface area (Å²) < 4.78 is 7.49. The van der Waals surface area contributed by atoms with E-state index in [9.17, 15) is 0 Å². The Labute approximate surface area is 177 Å². The zero-order chi connectivity index (χ0) is 20.5. The molecule has 5 rings (SSSR count). The molecule has 6 heteroatoms. The van der Waals surface area contributed by atoms with Crippen LogP contribution in [0.5, 0.6) is 0 Å². The Morgan fingerprint density at radius 2 is 1.83 bits per heavy atom. The van der Waals surface area contributed by atoms with Crippen LogP contribution in [0.2, 0.25) is 0 Å². The number of rotatable bonds is 4. The molecule has 148 valence electrons. The van der Waals surface area contributed by atoms with E-state index in [2.05, 4.69) is 49.2 Å². The predicted octanol–water partition coefficient (Wildman–Crippen LogP) is 6.02. The molecule has 0 aliphatic carbocycles. The molecule has 0 aliphatic rings. The minimum absolute atomic E-state index is 0.755. The molecule has 1 N–H and O–H groups in total. The van der Waals surface area contributed by atoms with Crippen molar-refractivity contribution in [2.75, 3.05) is 0 Å². The predicted molar refractivity (Wildman–Crippen MR) is 122 cm³/mol. The van der Waals surface area contributed by atoms with Gasteiger partial charge in [-0.1, -0.05) is 36.4 Å². The highest BCUT2D eigenvalue weighted by Crippen LogP contribution is 2.25. The van der Waals surface area contributed by atoms with Gasteiger partial charge in [-0.15, -0.1) is 11.3 Å². The fraction of sp³-hybridized carbons (Fsp3) is 0.0833. The molecule has 0 saturated carbocycles. The lowest BCUT2D eigenvalue weighted by molar-refractivity contribution is 0.575. The average Bonchev–Trinajstić information content (AvgIpc) is 3.49. The first kappa shape index (κ1) is 18.4. The lowest BCUT2D eigenvalue weighted by Crippen LogP contribution is -2.11. The monoisotopic (exact) mass is 412 g/mol. The van der Waals surface area contributed by atoms with Crippen molar-refractivity contribution in [3.8, 4) is 11.5 Å². The zero-order valence-corrected chi connectivity index (χ0v) is 17.5. The summed E-state index contributed by atoms with van der Waals surface area (Å²) in [5.74, 6) is 0.755. The first-order chi connectivity index (χ1) is 14.7. The second-order valence-corrected chi connectivity index (χ2v) is 7.92. The largest absolute Gasteiger partial charge is 0.463 e. The molecule has 0 atom stereocenters. The second-order valence-electron chi connectivity index (χ2n) is 7.08. The lowest BCUT2D eigenvalue weighted by atomic mass is 10.1. The quantitative estimate of drug-likeness (QED) is 0.360. The number of benzene rings is 2. The Kier molecular flexibility index (Phi) is 4.69. The summed E-state index contributed by atoms with van der Waals surface area (Å²) in [5, 5.41) is 7.95. The van der Waals surface area contributed by atoms with Gasteiger partial charge in [0.15, 0.2) is 5.76 Å². The number of aryl methyl sites for hydroxylation is 2.